The van der Waals surface area contributed by atoms with Crippen LogP contribution >= 0.6 is 0 Å². The van der Waals surface area contributed by atoms with Gasteiger partial charge in [0.1, 0.15) is 0 Å². The molecule has 0 fully saturated rings. The van der Waals surface area contributed by atoms with Crippen LogP contribution in [0.5, 0.6) is 0 Å². The summed E-state index contributed by atoms with van der Waals surface area (Å²) >= 11 is 0. The standard InChI is InChI=1S/C64H52N2/c1-5-45-19-31-55(32-20-45)65(53-27-15-43(3)16-28-53)57-35-37-59-61(41-57)63(51-25-23-47-11-7-9-13-49(47)39-51)60-38-36-58(42-62(60)64(59)52-26-24-48-12-8-10-14-50(48)40-52)66(54-29-17-44(4)18-30-54)56-33-21-46(6-2)22-34-56/h7-42H,5-6H2,1-4H3. The van der Waals surface area contributed by atoms with Crippen molar-refractivity contribution in [1.82, 2.24) is 0 Å². The fraction of sp³-hybridized carbons (Fsp3) is 0.0938. The number of anilines is 6. The highest BCUT2D eigenvalue weighted by Gasteiger charge is 2.23. The molecule has 0 heterocycles. The third kappa shape index (κ3) is 7.55. The first-order valence-corrected chi connectivity index (χ1v) is 23.4. The molecule has 0 saturated heterocycles. The van der Waals surface area contributed by atoms with Crippen LogP contribution in [0, 0.1) is 13.8 Å². The first-order valence-electron chi connectivity index (χ1n) is 23.4. The first kappa shape index (κ1) is 40.8. The first-order chi connectivity index (χ1) is 32.4. The van der Waals surface area contributed by atoms with Crippen LogP contribution in [-0.2, 0) is 12.8 Å². The lowest BCUT2D eigenvalue weighted by Gasteiger charge is -2.28. The van der Waals surface area contributed by atoms with Crippen molar-refractivity contribution in [1.29, 1.82) is 0 Å². The minimum atomic E-state index is 0.996. The van der Waals surface area contributed by atoms with Gasteiger partial charge in [0.15, 0.2) is 0 Å². The SMILES string of the molecule is CCc1ccc(N(c2ccc(C)cc2)c2ccc3c(-c4ccc5ccccc5c4)c4cc(N(c5ccc(C)cc5)c5ccc(CC)cc5)ccc4c(-c4ccc5ccccc5c4)c3c2)cc1. The Morgan fingerprint density at radius 1 is 0.288 bits per heavy atom. The lowest BCUT2D eigenvalue weighted by molar-refractivity contribution is 1.14. The van der Waals surface area contributed by atoms with Gasteiger partial charge >= 0.3 is 0 Å². The zero-order valence-corrected chi connectivity index (χ0v) is 38.1. The summed E-state index contributed by atoms with van der Waals surface area (Å²) in [7, 11) is 0. The molecule has 0 aliphatic carbocycles. The number of hydrogen-bond acceptors (Lipinski definition) is 2. The highest BCUT2D eigenvalue weighted by Crippen LogP contribution is 2.49. The van der Waals surface area contributed by atoms with Gasteiger partial charge in [-0.15, -0.1) is 0 Å². The van der Waals surface area contributed by atoms with Gasteiger partial charge in [0.2, 0.25) is 0 Å². The molecule has 0 radical (unpaired) electrons. The molecule has 0 aromatic heterocycles. The van der Waals surface area contributed by atoms with E-state index in [0.717, 1.165) is 47.0 Å². The smallest absolute Gasteiger partial charge is 0.0468 e. The van der Waals surface area contributed by atoms with Gasteiger partial charge in [0.05, 0.1) is 0 Å². The molecule has 66 heavy (non-hydrogen) atoms. The summed E-state index contributed by atoms with van der Waals surface area (Å²) in [5.41, 5.74) is 16.7. The van der Waals surface area contributed by atoms with Crippen molar-refractivity contribution in [2.24, 2.45) is 0 Å². The van der Waals surface area contributed by atoms with Gasteiger partial charge < -0.3 is 9.80 Å². The highest BCUT2D eigenvalue weighted by atomic mass is 15.1. The quantitative estimate of drug-likeness (QED) is 0.127. The fourth-order valence-corrected chi connectivity index (χ4v) is 9.84. The van der Waals surface area contributed by atoms with Crippen LogP contribution in [-0.4, -0.2) is 0 Å². The molecule has 11 aromatic carbocycles. The third-order valence-corrected chi connectivity index (χ3v) is 13.5. The molecule has 0 spiro atoms. The maximum Gasteiger partial charge on any atom is 0.0468 e. The molecule has 0 saturated carbocycles. The molecule has 11 aromatic rings. The van der Waals surface area contributed by atoms with Crippen LogP contribution in [0.4, 0.5) is 34.1 Å². The molecular formula is C64H52N2. The summed E-state index contributed by atoms with van der Waals surface area (Å²) in [6.45, 7) is 8.74. The van der Waals surface area contributed by atoms with E-state index in [4.69, 9.17) is 0 Å². The zero-order valence-electron chi connectivity index (χ0n) is 38.1. The molecular weight excluding hydrogens is 797 g/mol. The summed E-state index contributed by atoms with van der Waals surface area (Å²) in [6, 6.07) is 81.7. The van der Waals surface area contributed by atoms with Crippen molar-refractivity contribution >= 4 is 77.2 Å². The summed E-state index contributed by atoms with van der Waals surface area (Å²) < 4.78 is 0. The molecule has 0 unspecified atom stereocenters. The molecule has 0 aliphatic rings. The number of rotatable bonds is 10. The summed E-state index contributed by atoms with van der Waals surface area (Å²) in [5, 5.41) is 9.74. The average Bonchev–Trinajstić information content (AvgIpc) is 3.37. The van der Waals surface area contributed by atoms with Gasteiger partial charge in [-0.1, -0.05) is 158 Å². The van der Waals surface area contributed by atoms with Gasteiger partial charge in [-0.25, -0.2) is 0 Å². The van der Waals surface area contributed by atoms with Crippen LogP contribution in [0.3, 0.4) is 0 Å². The normalized spacial score (nSPS) is 11.5. The van der Waals surface area contributed by atoms with Crippen LogP contribution in [0.15, 0.2) is 218 Å². The van der Waals surface area contributed by atoms with Crippen molar-refractivity contribution in [3.63, 3.8) is 0 Å². The van der Waals surface area contributed by atoms with Crippen LogP contribution in [0.25, 0.3) is 65.3 Å². The van der Waals surface area contributed by atoms with Gasteiger partial charge in [0.25, 0.3) is 0 Å². The Balaban J connectivity index is 1.25. The van der Waals surface area contributed by atoms with Crippen LogP contribution < -0.4 is 9.80 Å². The monoisotopic (exact) mass is 848 g/mol. The molecule has 318 valence electrons. The molecule has 11 rings (SSSR count). The van der Waals surface area contributed by atoms with E-state index in [1.807, 2.05) is 0 Å². The largest absolute Gasteiger partial charge is 0.310 e. The van der Waals surface area contributed by atoms with Crippen LogP contribution in [0.2, 0.25) is 0 Å². The van der Waals surface area contributed by atoms with Gasteiger partial charge in [-0.3, -0.25) is 0 Å². The lowest BCUT2D eigenvalue weighted by atomic mass is 9.84. The Bertz CT molecular complexity index is 3310. The van der Waals surface area contributed by atoms with E-state index < -0.39 is 0 Å². The number of hydrogen-bond donors (Lipinski definition) is 0. The Labute approximate surface area is 388 Å². The molecule has 2 heteroatoms. The number of aryl methyl sites for hydroxylation is 4. The van der Waals surface area contributed by atoms with Crippen molar-refractivity contribution in [3.05, 3.63) is 241 Å². The topological polar surface area (TPSA) is 6.48 Å². The Kier molecular flexibility index (Phi) is 10.6. The van der Waals surface area contributed by atoms with E-state index in [2.05, 4.69) is 256 Å². The second-order valence-electron chi connectivity index (χ2n) is 17.7. The lowest BCUT2D eigenvalue weighted by Crippen LogP contribution is -2.10. The predicted molar refractivity (Wildman–Crippen MR) is 285 cm³/mol. The van der Waals surface area contributed by atoms with Crippen molar-refractivity contribution < 1.29 is 0 Å². The van der Waals surface area contributed by atoms with E-state index in [-0.39, 0.29) is 0 Å². The number of fused-ring (bicyclic) bond motifs is 4. The molecule has 2 nitrogen and oxygen atoms in total. The molecule has 0 atom stereocenters. The Hall–Kier alpha value is -7.94. The summed E-state index contributed by atoms with van der Waals surface area (Å²) in [4.78, 5) is 4.82. The van der Waals surface area contributed by atoms with Crippen molar-refractivity contribution in [2.45, 2.75) is 40.5 Å². The van der Waals surface area contributed by atoms with E-state index in [9.17, 15) is 0 Å². The minimum Gasteiger partial charge on any atom is -0.310 e. The maximum absolute atomic E-state index is 2.44. The van der Waals surface area contributed by atoms with Crippen molar-refractivity contribution in [3.8, 4) is 22.3 Å². The second kappa shape index (κ2) is 17.2. The van der Waals surface area contributed by atoms with Gasteiger partial charge in [-0.05, 0) is 188 Å². The van der Waals surface area contributed by atoms with Crippen LogP contribution in [0.1, 0.15) is 36.1 Å². The Morgan fingerprint density at radius 2 is 0.621 bits per heavy atom. The van der Waals surface area contributed by atoms with Crippen molar-refractivity contribution in [2.75, 3.05) is 9.80 Å². The maximum atomic E-state index is 2.44. The third-order valence-electron chi connectivity index (χ3n) is 13.5. The molecule has 0 N–H and O–H groups in total. The fourth-order valence-electron chi connectivity index (χ4n) is 9.84. The van der Waals surface area contributed by atoms with E-state index in [1.54, 1.807) is 0 Å². The predicted octanol–water partition coefficient (Wildman–Crippen LogP) is 18.3. The van der Waals surface area contributed by atoms with E-state index in [1.165, 1.54) is 87.6 Å². The van der Waals surface area contributed by atoms with Gasteiger partial charge in [0, 0.05) is 34.1 Å². The van der Waals surface area contributed by atoms with E-state index >= 15 is 0 Å². The number of nitrogens with zero attached hydrogens (tertiary/aromatic N) is 2. The second-order valence-corrected chi connectivity index (χ2v) is 17.7. The molecule has 0 bridgehead atoms. The van der Waals surface area contributed by atoms with Gasteiger partial charge in [-0.2, -0.15) is 0 Å². The minimum absolute atomic E-state index is 0.996. The number of benzene rings is 11. The molecule has 0 amide bonds. The highest BCUT2D eigenvalue weighted by molar-refractivity contribution is 6.23. The zero-order chi connectivity index (χ0) is 44.7. The van der Waals surface area contributed by atoms with E-state index in [0.29, 0.717) is 0 Å². The summed E-state index contributed by atoms with van der Waals surface area (Å²) in [5.74, 6) is 0. The summed E-state index contributed by atoms with van der Waals surface area (Å²) in [6.07, 6.45) is 1.99. The average molecular weight is 849 g/mol. The molecule has 0 aliphatic heterocycles. The Morgan fingerprint density at radius 3 is 0.985 bits per heavy atom.